The number of thiocarbonyl (C=S) groups is 1. The first-order valence-corrected chi connectivity index (χ1v) is 11.6. The molecule has 1 aliphatic heterocycles. The van der Waals surface area contributed by atoms with Crippen LogP contribution in [0.1, 0.15) is 12.0 Å². The van der Waals surface area contributed by atoms with E-state index in [1.165, 1.54) is 4.90 Å². The molecule has 2 amide bonds. The number of ether oxygens (including phenoxy) is 1. The van der Waals surface area contributed by atoms with Gasteiger partial charge in [0.15, 0.2) is 5.11 Å². The summed E-state index contributed by atoms with van der Waals surface area (Å²) in [4.78, 5) is 29.6. The summed E-state index contributed by atoms with van der Waals surface area (Å²) in [6.45, 7) is 0.488. The maximum absolute atomic E-state index is 13.5. The van der Waals surface area contributed by atoms with Gasteiger partial charge in [-0.2, -0.15) is 0 Å². The summed E-state index contributed by atoms with van der Waals surface area (Å²) in [5.41, 5.74) is 2.38. The summed E-state index contributed by atoms with van der Waals surface area (Å²) in [6.07, 6.45) is 0.638. The average Bonchev–Trinajstić information content (AvgIpc) is 3.08. The van der Waals surface area contributed by atoms with Crippen LogP contribution in [0.15, 0.2) is 78.9 Å². The first-order chi connectivity index (χ1) is 16.5. The number of halogens is 1. The third-order valence-corrected chi connectivity index (χ3v) is 6.31. The summed E-state index contributed by atoms with van der Waals surface area (Å²) in [6, 6.07) is 23.1. The second kappa shape index (κ2) is 10.7. The van der Waals surface area contributed by atoms with E-state index in [1.54, 1.807) is 43.5 Å². The van der Waals surface area contributed by atoms with Gasteiger partial charge in [-0.3, -0.25) is 14.5 Å². The van der Waals surface area contributed by atoms with Crippen molar-refractivity contribution in [3.8, 4) is 5.75 Å². The van der Waals surface area contributed by atoms with Crippen molar-refractivity contribution in [2.45, 2.75) is 18.9 Å². The smallest absolute Gasteiger partial charge is 0.256 e. The summed E-state index contributed by atoms with van der Waals surface area (Å²) >= 11 is 11.7. The van der Waals surface area contributed by atoms with Crippen LogP contribution in [0, 0.1) is 0 Å². The number of para-hydroxylation sites is 1. The molecule has 6 nitrogen and oxygen atoms in total. The van der Waals surface area contributed by atoms with Gasteiger partial charge in [-0.1, -0.05) is 41.9 Å². The highest BCUT2D eigenvalue weighted by atomic mass is 35.5. The summed E-state index contributed by atoms with van der Waals surface area (Å²) in [7, 11) is 1.58. The van der Waals surface area contributed by atoms with Gasteiger partial charge in [-0.15, -0.1) is 0 Å². The molecule has 0 aliphatic carbocycles. The first-order valence-electron chi connectivity index (χ1n) is 10.8. The molecule has 174 valence electrons. The number of hydrogen-bond donors (Lipinski definition) is 1. The highest BCUT2D eigenvalue weighted by molar-refractivity contribution is 7.80. The second-order valence-electron chi connectivity index (χ2n) is 7.86. The number of hydrogen-bond acceptors (Lipinski definition) is 4. The van der Waals surface area contributed by atoms with Gasteiger partial charge < -0.3 is 15.0 Å². The van der Waals surface area contributed by atoms with Crippen LogP contribution in [0.2, 0.25) is 5.02 Å². The summed E-state index contributed by atoms with van der Waals surface area (Å²) in [5, 5.41) is 3.90. The Hall–Kier alpha value is -3.42. The van der Waals surface area contributed by atoms with E-state index in [-0.39, 0.29) is 18.2 Å². The zero-order chi connectivity index (χ0) is 24.1. The van der Waals surface area contributed by atoms with Crippen LogP contribution in [-0.4, -0.2) is 41.5 Å². The van der Waals surface area contributed by atoms with Crippen molar-refractivity contribution >= 4 is 52.1 Å². The predicted molar refractivity (Wildman–Crippen MR) is 138 cm³/mol. The molecule has 1 heterocycles. The molecule has 1 N–H and O–H groups in total. The molecule has 0 aromatic heterocycles. The molecular formula is C26H24ClN3O3S. The van der Waals surface area contributed by atoms with Crippen LogP contribution in [0.4, 0.5) is 11.4 Å². The zero-order valence-electron chi connectivity index (χ0n) is 18.6. The quantitative estimate of drug-likeness (QED) is 0.451. The standard InChI is InChI=1S/C26H24ClN3O3S/c1-33-22-13-11-21(12-14-22)30-25(32)23(17-24(31)28-20-5-3-2-4-6-20)29(26(30)34)16-15-18-7-9-19(27)10-8-18/h2-14,23H,15-17H2,1H3,(H,28,31)/t23-/m0/s1. The van der Waals surface area contributed by atoms with E-state index in [2.05, 4.69) is 5.32 Å². The fraction of sp³-hybridized carbons (Fsp3) is 0.192. The van der Waals surface area contributed by atoms with Crippen molar-refractivity contribution in [1.29, 1.82) is 0 Å². The Morgan fingerprint density at radius 3 is 2.35 bits per heavy atom. The fourth-order valence-electron chi connectivity index (χ4n) is 3.87. The summed E-state index contributed by atoms with van der Waals surface area (Å²) < 4.78 is 5.22. The maximum atomic E-state index is 13.5. The van der Waals surface area contributed by atoms with E-state index < -0.39 is 6.04 Å². The predicted octanol–water partition coefficient (Wildman–Crippen LogP) is 4.92. The van der Waals surface area contributed by atoms with Crippen LogP contribution < -0.4 is 15.0 Å². The minimum absolute atomic E-state index is 0.0128. The molecule has 8 heteroatoms. The van der Waals surface area contributed by atoms with Gasteiger partial charge in [0, 0.05) is 17.3 Å². The lowest BCUT2D eigenvalue weighted by Gasteiger charge is -2.24. The molecule has 4 rings (SSSR count). The van der Waals surface area contributed by atoms with E-state index in [4.69, 9.17) is 28.6 Å². The SMILES string of the molecule is COc1ccc(N2C(=O)[C@H](CC(=O)Nc3ccccc3)N(CCc3ccc(Cl)cc3)C2=S)cc1. The number of nitrogens with zero attached hydrogens (tertiary/aromatic N) is 2. The van der Waals surface area contributed by atoms with E-state index in [1.807, 2.05) is 47.4 Å². The van der Waals surface area contributed by atoms with Gasteiger partial charge in [0.2, 0.25) is 5.91 Å². The maximum Gasteiger partial charge on any atom is 0.256 e. The van der Waals surface area contributed by atoms with E-state index in [0.717, 1.165) is 5.56 Å². The van der Waals surface area contributed by atoms with Gasteiger partial charge in [0.1, 0.15) is 11.8 Å². The third kappa shape index (κ3) is 5.38. The molecule has 3 aromatic rings. The molecule has 0 spiro atoms. The van der Waals surface area contributed by atoms with Crippen molar-refractivity contribution in [2.24, 2.45) is 0 Å². The molecule has 1 saturated heterocycles. The Morgan fingerprint density at radius 2 is 1.71 bits per heavy atom. The number of nitrogens with one attached hydrogen (secondary N) is 1. The van der Waals surface area contributed by atoms with Crippen molar-refractivity contribution in [3.63, 3.8) is 0 Å². The van der Waals surface area contributed by atoms with Crippen molar-refractivity contribution in [2.75, 3.05) is 23.9 Å². The van der Waals surface area contributed by atoms with Crippen LogP contribution in [0.25, 0.3) is 0 Å². The van der Waals surface area contributed by atoms with E-state index in [9.17, 15) is 9.59 Å². The average molecular weight is 494 g/mol. The van der Waals surface area contributed by atoms with E-state index >= 15 is 0 Å². The minimum Gasteiger partial charge on any atom is -0.497 e. The monoisotopic (exact) mass is 493 g/mol. The molecule has 3 aromatic carbocycles. The lowest BCUT2D eigenvalue weighted by atomic mass is 10.1. The number of carbonyl (C=O) groups excluding carboxylic acids is 2. The van der Waals surface area contributed by atoms with Crippen LogP contribution in [0.5, 0.6) is 5.75 Å². The molecule has 0 bridgehead atoms. The Labute approximate surface area is 209 Å². The molecule has 34 heavy (non-hydrogen) atoms. The van der Waals surface area contributed by atoms with Crippen LogP contribution >= 0.6 is 23.8 Å². The number of anilines is 2. The Balaban J connectivity index is 1.56. The second-order valence-corrected chi connectivity index (χ2v) is 8.66. The Kier molecular flexibility index (Phi) is 7.45. The molecule has 0 unspecified atom stereocenters. The fourth-order valence-corrected chi connectivity index (χ4v) is 4.41. The molecule has 1 atom stereocenters. The van der Waals surface area contributed by atoms with Crippen LogP contribution in [0.3, 0.4) is 0 Å². The lowest BCUT2D eigenvalue weighted by molar-refractivity contribution is -0.124. The van der Waals surface area contributed by atoms with E-state index in [0.29, 0.717) is 40.2 Å². The first kappa shape index (κ1) is 23.7. The zero-order valence-corrected chi connectivity index (χ0v) is 20.2. The number of carbonyl (C=O) groups is 2. The highest BCUT2D eigenvalue weighted by Crippen LogP contribution is 2.29. The molecule has 1 aliphatic rings. The highest BCUT2D eigenvalue weighted by Gasteiger charge is 2.43. The lowest BCUT2D eigenvalue weighted by Crippen LogP contribution is -2.39. The largest absolute Gasteiger partial charge is 0.497 e. The molecule has 0 saturated carbocycles. The van der Waals surface area contributed by atoms with Crippen LogP contribution in [-0.2, 0) is 16.0 Å². The molecule has 0 radical (unpaired) electrons. The van der Waals surface area contributed by atoms with Crippen molar-refractivity contribution in [3.05, 3.63) is 89.4 Å². The number of rotatable bonds is 8. The topological polar surface area (TPSA) is 61.9 Å². The molecular weight excluding hydrogens is 470 g/mol. The Bertz CT molecular complexity index is 1170. The normalized spacial score (nSPS) is 15.5. The van der Waals surface area contributed by atoms with Gasteiger partial charge in [0.05, 0.1) is 19.2 Å². The van der Waals surface area contributed by atoms with Gasteiger partial charge >= 0.3 is 0 Å². The van der Waals surface area contributed by atoms with Crippen molar-refractivity contribution < 1.29 is 14.3 Å². The van der Waals surface area contributed by atoms with Gasteiger partial charge in [0.25, 0.3) is 5.91 Å². The van der Waals surface area contributed by atoms with Gasteiger partial charge in [-0.05, 0) is 72.7 Å². The number of amides is 2. The van der Waals surface area contributed by atoms with Gasteiger partial charge in [-0.25, -0.2) is 0 Å². The molecule has 1 fully saturated rings. The third-order valence-electron chi connectivity index (χ3n) is 5.64. The number of methoxy groups -OCH3 is 1. The number of benzene rings is 3. The minimum atomic E-state index is -0.703. The summed E-state index contributed by atoms with van der Waals surface area (Å²) in [5.74, 6) is 0.203. The van der Waals surface area contributed by atoms with Crippen molar-refractivity contribution in [1.82, 2.24) is 4.90 Å². The Morgan fingerprint density at radius 1 is 1.03 bits per heavy atom.